The summed E-state index contributed by atoms with van der Waals surface area (Å²) in [6.45, 7) is 7.38. The van der Waals surface area contributed by atoms with Crippen LogP contribution < -0.4 is 4.72 Å². The van der Waals surface area contributed by atoms with Crippen molar-refractivity contribution in [2.24, 2.45) is 0 Å². The molecule has 1 N–H and O–H groups in total. The predicted octanol–water partition coefficient (Wildman–Crippen LogP) is 8.00. The van der Waals surface area contributed by atoms with E-state index >= 15 is 0 Å². The normalized spacial score (nSPS) is 12.8. The number of carbonyl (C=O) groups is 1. The van der Waals surface area contributed by atoms with Crippen molar-refractivity contribution < 1.29 is 39.9 Å². The lowest BCUT2D eigenvalue weighted by molar-refractivity contribution is -0.286. The van der Waals surface area contributed by atoms with Crippen molar-refractivity contribution >= 4 is 27.1 Å². The highest BCUT2D eigenvalue weighted by atomic mass is 32.2. The zero-order valence-electron chi connectivity index (χ0n) is 25.2. The summed E-state index contributed by atoms with van der Waals surface area (Å²) in [6, 6.07) is 19.7. The molecule has 0 saturated heterocycles. The second-order valence-electron chi connectivity index (χ2n) is 11.7. The average Bonchev–Trinajstić information content (AvgIpc) is 3.31. The van der Waals surface area contributed by atoms with Crippen LogP contribution >= 0.6 is 0 Å². The first kappa shape index (κ1) is 33.9. The fraction of sp³-hybridized carbons (Fsp3) is 0.375. The Kier molecular flexibility index (Phi) is 9.62. The van der Waals surface area contributed by atoms with Gasteiger partial charge in [0.1, 0.15) is 5.82 Å². The Labute approximate surface area is 258 Å². The number of amides is 1. The Morgan fingerprint density at radius 1 is 0.933 bits per heavy atom. The van der Waals surface area contributed by atoms with E-state index in [-0.39, 0.29) is 15.9 Å². The molecule has 0 spiro atoms. The van der Waals surface area contributed by atoms with Gasteiger partial charge in [0.05, 0.1) is 29.0 Å². The Bertz CT molecular complexity index is 1780. The Hall–Kier alpha value is -4.00. The van der Waals surface area contributed by atoms with E-state index in [0.717, 1.165) is 34.4 Å². The average molecular weight is 652 g/mol. The van der Waals surface area contributed by atoms with Crippen LogP contribution in [0.5, 0.6) is 0 Å². The van der Waals surface area contributed by atoms with E-state index in [1.54, 1.807) is 29.0 Å². The number of para-hydroxylation sites is 2. The number of fused-ring (bicyclic) bond motifs is 1. The number of benzene rings is 3. The van der Waals surface area contributed by atoms with E-state index in [4.69, 9.17) is 4.98 Å². The van der Waals surface area contributed by atoms with Gasteiger partial charge < -0.3 is 9.30 Å². The summed E-state index contributed by atoms with van der Waals surface area (Å²) < 4.78 is 98.0. The minimum atomic E-state index is -5.83. The van der Waals surface area contributed by atoms with Crippen LogP contribution in [-0.4, -0.2) is 42.8 Å². The smallest absolute Gasteiger partial charge is 0.449 e. The largest absolute Gasteiger partial charge is 0.453 e. The van der Waals surface area contributed by atoms with E-state index in [0.29, 0.717) is 18.5 Å². The maximum absolute atomic E-state index is 13.2. The van der Waals surface area contributed by atoms with Crippen LogP contribution in [0, 0.1) is 0 Å². The third-order valence-electron chi connectivity index (χ3n) is 7.08. The monoisotopic (exact) mass is 651 g/mol. The highest BCUT2D eigenvalue weighted by Crippen LogP contribution is 2.38. The molecule has 0 aliphatic rings. The Morgan fingerprint density at radius 2 is 1.58 bits per heavy atom. The van der Waals surface area contributed by atoms with Crippen LogP contribution in [0.25, 0.3) is 22.2 Å². The number of aromatic nitrogens is 2. The SMILES string of the molecule is CCCc1ccc(S(=O)(=O)NC(=O)OCCC(F)(F)C(F)(F)F)c(-c2ccc(Cn3c(C(C)(C)C)nc4ccccc43)cc2)c1. The van der Waals surface area contributed by atoms with Gasteiger partial charge in [-0.15, -0.1) is 0 Å². The maximum Gasteiger partial charge on any atom is 0.453 e. The molecule has 0 aliphatic heterocycles. The molecule has 1 amide bonds. The summed E-state index contributed by atoms with van der Waals surface area (Å²) in [5.41, 5.74) is 4.21. The van der Waals surface area contributed by atoms with Crippen molar-refractivity contribution in [3.05, 3.63) is 83.7 Å². The lowest BCUT2D eigenvalue weighted by atomic mass is 9.95. The molecule has 0 fully saturated rings. The van der Waals surface area contributed by atoms with E-state index < -0.39 is 41.2 Å². The van der Waals surface area contributed by atoms with Crippen molar-refractivity contribution in [2.75, 3.05) is 6.61 Å². The van der Waals surface area contributed by atoms with E-state index in [1.807, 2.05) is 43.3 Å². The maximum atomic E-state index is 13.2. The number of hydrogen-bond acceptors (Lipinski definition) is 5. The first-order chi connectivity index (χ1) is 20.9. The number of halogens is 5. The summed E-state index contributed by atoms with van der Waals surface area (Å²) in [5.74, 6) is -4.19. The van der Waals surface area contributed by atoms with Crippen LogP contribution in [-0.2, 0) is 33.1 Å². The van der Waals surface area contributed by atoms with Gasteiger partial charge in [-0.3, -0.25) is 0 Å². The van der Waals surface area contributed by atoms with Gasteiger partial charge in [0, 0.05) is 17.5 Å². The van der Waals surface area contributed by atoms with Gasteiger partial charge in [-0.2, -0.15) is 22.0 Å². The zero-order chi connectivity index (χ0) is 33.2. The summed E-state index contributed by atoms with van der Waals surface area (Å²) in [4.78, 5) is 16.7. The quantitative estimate of drug-likeness (QED) is 0.176. The second kappa shape index (κ2) is 12.8. The van der Waals surface area contributed by atoms with Crippen molar-refractivity contribution in [2.45, 2.75) is 75.9 Å². The fourth-order valence-electron chi connectivity index (χ4n) is 4.87. The number of rotatable bonds is 10. The molecule has 1 aromatic heterocycles. The highest BCUT2D eigenvalue weighted by Gasteiger charge is 2.57. The molecule has 0 atom stereocenters. The number of imidazole rings is 1. The van der Waals surface area contributed by atoms with Gasteiger partial charge in [-0.25, -0.2) is 22.9 Å². The van der Waals surface area contributed by atoms with Crippen molar-refractivity contribution in [1.82, 2.24) is 14.3 Å². The van der Waals surface area contributed by atoms with E-state index in [2.05, 4.69) is 30.1 Å². The van der Waals surface area contributed by atoms with Crippen LogP contribution in [0.4, 0.5) is 26.7 Å². The molecule has 4 aromatic rings. The molecule has 0 bridgehead atoms. The minimum Gasteiger partial charge on any atom is -0.449 e. The lowest BCUT2D eigenvalue weighted by Gasteiger charge is -2.20. The van der Waals surface area contributed by atoms with Crippen LogP contribution in [0.1, 0.15) is 57.5 Å². The molecule has 7 nitrogen and oxygen atoms in total. The molecule has 1 heterocycles. The van der Waals surface area contributed by atoms with E-state index in [1.165, 1.54) is 6.07 Å². The fourth-order valence-corrected chi connectivity index (χ4v) is 5.97. The van der Waals surface area contributed by atoms with E-state index in [9.17, 15) is 35.2 Å². The van der Waals surface area contributed by atoms with Crippen LogP contribution in [0.15, 0.2) is 71.6 Å². The van der Waals surface area contributed by atoms with Gasteiger partial charge in [0.2, 0.25) is 0 Å². The second-order valence-corrected chi connectivity index (χ2v) is 13.4. The Morgan fingerprint density at radius 3 is 2.20 bits per heavy atom. The minimum absolute atomic E-state index is 0.227. The standard InChI is InChI=1S/C32H34F5N3O4S/c1-5-8-21-13-16-27(45(42,43)39-29(41)44-18-17-31(33,34)32(35,36)37)24(19-21)23-14-11-22(12-15-23)20-40-26-10-7-6-9-25(26)38-28(40)30(2,3)4/h6-7,9-16,19H,5,8,17-18,20H2,1-4H3,(H,39,41). The molecule has 13 heteroatoms. The van der Waals surface area contributed by atoms with Crippen molar-refractivity contribution in [1.29, 1.82) is 0 Å². The molecule has 3 aromatic carbocycles. The van der Waals surface area contributed by atoms with Gasteiger partial charge in [-0.05, 0) is 47.4 Å². The molecule has 0 aliphatic carbocycles. The lowest BCUT2D eigenvalue weighted by Crippen LogP contribution is -2.38. The van der Waals surface area contributed by atoms with Gasteiger partial charge >= 0.3 is 18.2 Å². The summed E-state index contributed by atoms with van der Waals surface area (Å²) in [5, 5.41) is 0. The molecule has 0 saturated carbocycles. The third kappa shape index (κ3) is 7.81. The van der Waals surface area contributed by atoms with Crippen LogP contribution in [0.2, 0.25) is 0 Å². The van der Waals surface area contributed by atoms with Gasteiger partial charge in [-0.1, -0.05) is 76.6 Å². The summed E-state index contributed by atoms with van der Waals surface area (Å²) >= 11 is 0. The molecular formula is C32H34F5N3O4S. The highest BCUT2D eigenvalue weighted by molar-refractivity contribution is 7.90. The van der Waals surface area contributed by atoms with Crippen molar-refractivity contribution in [3.63, 3.8) is 0 Å². The number of carbonyl (C=O) groups excluding carboxylic acids is 1. The number of nitrogens with zero attached hydrogens (tertiary/aromatic N) is 2. The number of aryl methyl sites for hydroxylation is 1. The molecule has 242 valence electrons. The number of sulfonamides is 1. The van der Waals surface area contributed by atoms with Crippen molar-refractivity contribution in [3.8, 4) is 11.1 Å². The topological polar surface area (TPSA) is 90.3 Å². The molecule has 4 rings (SSSR count). The third-order valence-corrected chi connectivity index (χ3v) is 8.46. The number of alkyl halides is 5. The Balaban J connectivity index is 1.60. The number of hydrogen-bond donors (Lipinski definition) is 1. The molecule has 0 unspecified atom stereocenters. The summed E-state index contributed by atoms with van der Waals surface area (Å²) in [6.07, 6.45) is -7.91. The zero-order valence-corrected chi connectivity index (χ0v) is 26.0. The predicted molar refractivity (Wildman–Crippen MR) is 161 cm³/mol. The molecular weight excluding hydrogens is 617 g/mol. The number of ether oxygens (including phenoxy) is 1. The summed E-state index contributed by atoms with van der Waals surface area (Å²) in [7, 11) is -4.61. The molecule has 0 radical (unpaired) electrons. The number of nitrogens with one attached hydrogen (secondary N) is 1. The van der Waals surface area contributed by atoms with Crippen LogP contribution in [0.3, 0.4) is 0 Å². The first-order valence-electron chi connectivity index (χ1n) is 14.2. The van der Waals surface area contributed by atoms with Gasteiger partial charge in [0.25, 0.3) is 10.0 Å². The molecule has 45 heavy (non-hydrogen) atoms. The van der Waals surface area contributed by atoms with Gasteiger partial charge in [0.15, 0.2) is 0 Å². The first-order valence-corrected chi connectivity index (χ1v) is 15.7.